The third kappa shape index (κ3) is 4.24. The van der Waals surface area contributed by atoms with Crippen LogP contribution in [0.2, 0.25) is 0 Å². The zero-order valence-corrected chi connectivity index (χ0v) is 18.4. The van der Waals surface area contributed by atoms with Gasteiger partial charge >= 0.3 is 0 Å². The fourth-order valence-corrected chi connectivity index (χ4v) is 4.56. The molecule has 0 bridgehead atoms. The molecule has 8 heteroatoms. The molecule has 1 atom stereocenters. The fourth-order valence-electron chi connectivity index (χ4n) is 3.59. The minimum Gasteiger partial charge on any atom is -0.340 e. The number of rotatable bonds is 5. The first-order chi connectivity index (χ1) is 14.4. The zero-order chi connectivity index (χ0) is 21.3. The van der Waals surface area contributed by atoms with Crippen LogP contribution in [-0.2, 0) is 4.79 Å². The molecule has 1 aromatic carbocycles. The normalized spacial score (nSPS) is 16.2. The topological polar surface area (TPSA) is 70.5 Å². The molecule has 3 heterocycles. The molecular formula is C22H27N5O2S. The number of nitrogens with zero attached hydrogens (tertiary/aromatic N) is 4. The highest BCUT2D eigenvalue weighted by atomic mass is 32.1. The van der Waals surface area contributed by atoms with Crippen LogP contribution in [0.1, 0.15) is 24.2 Å². The molecule has 7 nitrogen and oxygen atoms in total. The molecule has 1 fully saturated rings. The summed E-state index contributed by atoms with van der Waals surface area (Å²) < 4.78 is 2.89. The molecule has 0 spiro atoms. The van der Waals surface area contributed by atoms with E-state index in [2.05, 4.69) is 22.2 Å². The summed E-state index contributed by atoms with van der Waals surface area (Å²) in [6, 6.07) is 8.86. The summed E-state index contributed by atoms with van der Waals surface area (Å²) in [5.41, 5.74) is 1.40. The van der Waals surface area contributed by atoms with Gasteiger partial charge in [0.05, 0.1) is 10.2 Å². The van der Waals surface area contributed by atoms with Crippen LogP contribution in [-0.4, -0.2) is 70.4 Å². The summed E-state index contributed by atoms with van der Waals surface area (Å²) in [6.07, 6.45) is 3.89. The summed E-state index contributed by atoms with van der Waals surface area (Å²) in [5.74, 6) is -0.220. The number of hydrogen-bond acceptors (Lipinski definition) is 5. The Kier molecular flexibility index (Phi) is 5.87. The average molecular weight is 426 g/mol. The van der Waals surface area contributed by atoms with E-state index in [0.29, 0.717) is 18.7 Å². The third-order valence-electron chi connectivity index (χ3n) is 5.50. The highest BCUT2D eigenvalue weighted by molar-refractivity contribution is 7.20. The molecule has 4 rings (SSSR count). The van der Waals surface area contributed by atoms with Crippen molar-refractivity contribution in [2.45, 2.75) is 19.9 Å². The van der Waals surface area contributed by atoms with Crippen molar-refractivity contribution in [2.24, 2.45) is 5.92 Å². The van der Waals surface area contributed by atoms with E-state index in [-0.39, 0.29) is 17.7 Å². The number of hydrogen-bond donors (Lipinski definition) is 1. The highest BCUT2D eigenvalue weighted by Gasteiger charge is 2.30. The van der Waals surface area contributed by atoms with E-state index >= 15 is 0 Å². The van der Waals surface area contributed by atoms with E-state index in [1.165, 1.54) is 11.3 Å². The van der Waals surface area contributed by atoms with E-state index in [1.807, 2.05) is 60.0 Å². The number of piperazine rings is 1. The van der Waals surface area contributed by atoms with Crippen LogP contribution in [0, 0.1) is 5.92 Å². The van der Waals surface area contributed by atoms with Crippen molar-refractivity contribution in [3.8, 4) is 5.13 Å². The number of aromatic nitrogens is 2. The number of carbonyl (C=O) groups excluding carboxylic acids is 2. The van der Waals surface area contributed by atoms with Gasteiger partial charge in [0, 0.05) is 44.1 Å². The van der Waals surface area contributed by atoms with Gasteiger partial charge in [0.25, 0.3) is 5.91 Å². The quantitative estimate of drug-likeness (QED) is 0.682. The van der Waals surface area contributed by atoms with Gasteiger partial charge in [0.15, 0.2) is 5.13 Å². The second kappa shape index (κ2) is 8.57. The van der Waals surface area contributed by atoms with Crippen molar-refractivity contribution in [3.05, 3.63) is 48.3 Å². The van der Waals surface area contributed by atoms with Gasteiger partial charge < -0.3 is 19.7 Å². The second-order valence-corrected chi connectivity index (χ2v) is 9.10. The molecule has 1 saturated heterocycles. The lowest BCUT2D eigenvalue weighted by Gasteiger charge is -2.35. The maximum Gasteiger partial charge on any atom is 0.251 e. The molecule has 1 unspecified atom stereocenters. The van der Waals surface area contributed by atoms with Crippen LogP contribution in [0.25, 0.3) is 15.3 Å². The molecular weight excluding hydrogens is 398 g/mol. The van der Waals surface area contributed by atoms with Gasteiger partial charge in [-0.2, -0.15) is 0 Å². The van der Waals surface area contributed by atoms with Gasteiger partial charge in [0.1, 0.15) is 6.04 Å². The van der Waals surface area contributed by atoms with Gasteiger partial charge in [-0.3, -0.25) is 9.59 Å². The molecule has 1 aliphatic rings. The minimum atomic E-state index is -0.534. The SMILES string of the molecule is CC(C)C(NC(=O)c1ccc2nc(-n3cccc3)sc2c1)C(=O)N1CCN(C)CC1. The summed E-state index contributed by atoms with van der Waals surface area (Å²) in [6.45, 7) is 7.04. The maximum absolute atomic E-state index is 13.0. The Morgan fingerprint density at radius 3 is 2.47 bits per heavy atom. The molecule has 1 N–H and O–H groups in total. The molecule has 0 radical (unpaired) electrons. The molecule has 2 amide bonds. The van der Waals surface area contributed by atoms with Crippen molar-refractivity contribution in [2.75, 3.05) is 33.2 Å². The number of amides is 2. The van der Waals surface area contributed by atoms with Crippen molar-refractivity contribution < 1.29 is 9.59 Å². The number of fused-ring (bicyclic) bond motifs is 1. The van der Waals surface area contributed by atoms with E-state index in [4.69, 9.17) is 0 Å². The van der Waals surface area contributed by atoms with Gasteiger partial charge in [-0.15, -0.1) is 0 Å². The molecule has 3 aromatic rings. The first-order valence-electron chi connectivity index (χ1n) is 10.2. The fraction of sp³-hybridized carbons (Fsp3) is 0.409. The Balaban J connectivity index is 1.50. The van der Waals surface area contributed by atoms with Crippen LogP contribution in [0.4, 0.5) is 0 Å². The first kappa shape index (κ1) is 20.6. The standard InChI is InChI=1S/C22H27N5O2S/c1-15(2)19(21(29)26-12-10-25(3)11-13-26)24-20(28)16-6-7-17-18(14-16)30-22(23-17)27-8-4-5-9-27/h4-9,14-15,19H,10-13H2,1-3H3,(H,24,28). The number of likely N-dealkylation sites (N-methyl/N-ethyl adjacent to an activating group) is 1. The predicted molar refractivity (Wildman–Crippen MR) is 119 cm³/mol. The van der Waals surface area contributed by atoms with Crippen molar-refractivity contribution in [1.29, 1.82) is 0 Å². The molecule has 158 valence electrons. The van der Waals surface area contributed by atoms with E-state index in [1.54, 1.807) is 6.07 Å². The lowest BCUT2D eigenvalue weighted by Crippen LogP contribution is -2.55. The van der Waals surface area contributed by atoms with E-state index in [0.717, 1.165) is 28.4 Å². The van der Waals surface area contributed by atoms with E-state index < -0.39 is 6.04 Å². The van der Waals surface area contributed by atoms with Crippen LogP contribution < -0.4 is 5.32 Å². The monoisotopic (exact) mass is 425 g/mol. The molecule has 2 aromatic heterocycles. The minimum absolute atomic E-state index is 0.000197. The molecule has 30 heavy (non-hydrogen) atoms. The number of nitrogens with one attached hydrogen (secondary N) is 1. The van der Waals surface area contributed by atoms with Crippen molar-refractivity contribution in [3.63, 3.8) is 0 Å². The largest absolute Gasteiger partial charge is 0.340 e. The van der Waals surface area contributed by atoms with Gasteiger partial charge in [0.2, 0.25) is 5.91 Å². The summed E-state index contributed by atoms with van der Waals surface area (Å²) in [4.78, 5) is 34.7. The van der Waals surface area contributed by atoms with Gasteiger partial charge in [-0.05, 0) is 43.3 Å². The van der Waals surface area contributed by atoms with Crippen molar-refractivity contribution >= 4 is 33.4 Å². The Morgan fingerprint density at radius 2 is 1.80 bits per heavy atom. The second-order valence-electron chi connectivity index (χ2n) is 8.09. The highest BCUT2D eigenvalue weighted by Crippen LogP contribution is 2.26. The lowest BCUT2D eigenvalue weighted by atomic mass is 10.0. The summed E-state index contributed by atoms with van der Waals surface area (Å²) in [5, 5.41) is 3.83. The number of thiazole rings is 1. The van der Waals surface area contributed by atoms with Crippen LogP contribution >= 0.6 is 11.3 Å². The summed E-state index contributed by atoms with van der Waals surface area (Å²) >= 11 is 1.53. The van der Waals surface area contributed by atoms with E-state index in [9.17, 15) is 9.59 Å². The van der Waals surface area contributed by atoms with Crippen LogP contribution in [0.15, 0.2) is 42.7 Å². The van der Waals surface area contributed by atoms with Crippen LogP contribution in [0.3, 0.4) is 0 Å². The van der Waals surface area contributed by atoms with Crippen LogP contribution in [0.5, 0.6) is 0 Å². The Morgan fingerprint density at radius 1 is 1.10 bits per heavy atom. The smallest absolute Gasteiger partial charge is 0.251 e. The Hall–Kier alpha value is -2.71. The molecule has 0 aliphatic carbocycles. The third-order valence-corrected chi connectivity index (χ3v) is 6.53. The summed E-state index contributed by atoms with van der Waals surface area (Å²) in [7, 11) is 2.06. The predicted octanol–water partition coefficient (Wildman–Crippen LogP) is 2.62. The van der Waals surface area contributed by atoms with Gasteiger partial charge in [-0.1, -0.05) is 25.2 Å². The molecule has 0 saturated carbocycles. The Bertz CT molecular complexity index is 1040. The van der Waals surface area contributed by atoms with Gasteiger partial charge in [-0.25, -0.2) is 4.98 Å². The zero-order valence-electron chi connectivity index (χ0n) is 17.5. The number of benzene rings is 1. The first-order valence-corrected chi connectivity index (χ1v) is 11.1. The van der Waals surface area contributed by atoms with Crippen molar-refractivity contribution in [1.82, 2.24) is 24.7 Å². The Labute approximate surface area is 180 Å². The average Bonchev–Trinajstić information content (AvgIpc) is 3.40. The molecule has 1 aliphatic heterocycles. The number of carbonyl (C=O) groups is 2. The lowest BCUT2D eigenvalue weighted by molar-refractivity contribution is -0.135. The maximum atomic E-state index is 13.0.